The fourth-order valence-electron chi connectivity index (χ4n) is 4.40. The Kier molecular flexibility index (Phi) is 4.56. The van der Waals surface area contributed by atoms with Crippen molar-refractivity contribution in [3.63, 3.8) is 0 Å². The summed E-state index contributed by atoms with van der Waals surface area (Å²) in [5, 5.41) is 0. The van der Waals surface area contributed by atoms with E-state index in [9.17, 15) is 13.2 Å². The Morgan fingerprint density at radius 1 is 1.19 bits per heavy atom. The summed E-state index contributed by atoms with van der Waals surface area (Å²) in [5.41, 5.74) is -0.822. The van der Waals surface area contributed by atoms with Crippen molar-refractivity contribution in [1.82, 2.24) is 4.31 Å². The molecule has 2 unspecified atom stereocenters. The lowest BCUT2D eigenvalue weighted by Crippen LogP contribution is -2.47. The third kappa shape index (κ3) is 2.56. The predicted octanol–water partition coefficient (Wildman–Crippen LogP) is 2.83. The van der Waals surface area contributed by atoms with Gasteiger partial charge in [-0.2, -0.15) is 0 Å². The molecule has 122 valence electrons. The number of nitrogens with zero attached hydrogens (tertiary/aromatic N) is 1. The maximum Gasteiger partial charge on any atom is 0.215 e. The van der Waals surface area contributed by atoms with E-state index in [0.717, 1.165) is 25.7 Å². The first-order valence-corrected chi connectivity index (χ1v) is 9.83. The minimum atomic E-state index is -3.37. The number of hydrogen-bond donors (Lipinski definition) is 0. The van der Waals surface area contributed by atoms with E-state index in [1.165, 1.54) is 0 Å². The van der Waals surface area contributed by atoms with E-state index in [-0.39, 0.29) is 17.0 Å². The van der Waals surface area contributed by atoms with Crippen molar-refractivity contribution in [3.8, 4) is 0 Å². The zero-order valence-corrected chi connectivity index (χ0v) is 14.6. The molecule has 5 heteroatoms. The monoisotopic (exact) mass is 315 g/mol. The number of Topliss-reactive ketones (excluding diaryl/α,β-unsaturated/α-hetero) is 1. The lowest BCUT2D eigenvalue weighted by molar-refractivity contribution is -0.128. The van der Waals surface area contributed by atoms with E-state index in [0.29, 0.717) is 25.4 Å². The van der Waals surface area contributed by atoms with Crippen LogP contribution in [0, 0.1) is 16.7 Å². The van der Waals surface area contributed by atoms with Crippen LogP contribution in [0.1, 0.15) is 59.8 Å². The smallest absolute Gasteiger partial charge is 0.215 e. The summed E-state index contributed by atoms with van der Waals surface area (Å²) in [6.45, 7) is 9.29. The molecule has 4 nitrogen and oxygen atoms in total. The van der Waals surface area contributed by atoms with Crippen LogP contribution >= 0.6 is 0 Å². The molecule has 0 heterocycles. The van der Waals surface area contributed by atoms with Gasteiger partial charge >= 0.3 is 0 Å². The van der Waals surface area contributed by atoms with Crippen molar-refractivity contribution in [2.75, 3.05) is 18.8 Å². The van der Waals surface area contributed by atoms with Gasteiger partial charge < -0.3 is 0 Å². The largest absolute Gasteiger partial charge is 0.299 e. The Balaban J connectivity index is 2.28. The number of fused-ring (bicyclic) bond motifs is 2. The van der Waals surface area contributed by atoms with Crippen LogP contribution in [0.5, 0.6) is 0 Å². The van der Waals surface area contributed by atoms with Gasteiger partial charge in [0.15, 0.2) is 0 Å². The van der Waals surface area contributed by atoms with Gasteiger partial charge in [0.2, 0.25) is 10.0 Å². The summed E-state index contributed by atoms with van der Waals surface area (Å²) < 4.78 is 27.3. The summed E-state index contributed by atoms with van der Waals surface area (Å²) in [5.74, 6) is 0.564. The first kappa shape index (κ1) is 16.9. The normalized spacial score (nSPS) is 31.3. The second kappa shape index (κ2) is 5.65. The predicted molar refractivity (Wildman–Crippen MR) is 84.5 cm³/mol. The highest BCUT2D eigenvalue weighted by atomic mass is 32.2. The van der Waals surface area contributed by atoms with E-state index in [1.807, 2.05) is 13.8 Å². The maximum atomic E-state index is 12.9. The second-order valence-corrected chi connectivity index (χ2v) is 9.29. The van der Waals surface area contributed by atoms with Crippen molar-refractivity contribution >= 4 is 15.8 Å². The van der Waals surface area contributed by atoms with Gasteiger partial charge in [0, 0.05) is 24.9 Å². The highest BCUT2D eigenvalue weighted by molar-refractivity contribution is 7.89. The Labute approximate surface area is 129 Å². The van der Waals surface area contributed by atoms with E-state index in [1.54, 1.807) is 4.31 Å². The van der Waals surface area contributed by atoms with Crippen LogP contribution in [0.4, 0.5) is 0 Å². The highest BCUT2D eigenvalue weighted by Crippen LogP contribution is 2.64. The average molecular weight is 315 g/mol. The molecule has 0 aromatic carbocycles. The van der Waals surface area contributed by atoms with Crippen LogP contribution in [-0.2, 0) is 14.8 Å². The number of hydrogen-bond acceptors (Lipinski definition) is 3. The zero-order chi connectivity index (χ0) is 15.9. The van der Waals surface area contributed by atoms with Crippen molar-refractivity contribution in [1.29, 1.82) is 0 Å². The zero-order valence-electron chi connectivity index (χ0n) is 13.8. The first-order valence-electron chi connectivity index (χ1n) is 8.22. The first-order chi connectivity index (χ1) is 9.71. The molecule has 0 amide bonds. The highest BCUT2D eigenvalue weighted by Gasteiger charge is 2.65. The molecule has 2 aliphatic rings. The molecule has 0 aromatic rings. The van der Waals surface area contributed by atoms with E-state index in [4.69, 9.17) is 0 Å². The van der Waals surface area contributed by atoms with Gasteiger partial charge in [0.25, 0.3) is 0 Å². The van der Waals surface area contributed by atoms with Gasteiger partial charge in [0.05, 0.1) is 5.75 Å². The average Bonchev–Trinajstić information content (AvgIpc) is 2.72. The lowest BCUT2D eigenvalue weighted by atomic mass is 9.70. The van der Waals surface area contributed by atoms with Gasteiger partial charge in [-0.25, -0.2) is 12.7 Å². The molecule has 0 aromatic heterocycles. The molecule has 0 N–H and O–H groups in total. The Morgan fingerprint density at radius 3 is 2.14 bits per heavy atom. The summed E-state index contributed by atoms with van der Waals surface area (Å²) in [6, 6.07) is 0. The lowest BCUT2D eigenvalue weighted by Gasteiger charge is -2.37. The van der Waals surface area contributed by atoms with Crippen LogP contribution in [0.3, 0.4) is 0 Å². The maximum absolute atomic E-state index is 12.9. The van der Waals surface area contributed by atoms with E-state index in [2.05, 4.69) is 13.8 Å². The number of rotatable bonds is 7. The molecule has 2 atom stereocenters. The van der Waals surface area contributed by atoms with Gasteiger partial charge in [-0.05, 0) is 37.0 Å². The van der Waals surface area contributed by atoms with Crippen molar-refractivity contribution in [3.05, 3.63) is 0 Å². The van der Waals surface area contributed by atoms with Crippen LogP contribution in [0.25, 0.3) is 0 Å². The number of carbonyl (C=O) groups is 1. The molecular weight excluding hydrogens is 286 g/mol. The topological polar surface area (TPSA) is 54.5 Å². The Morgan fingerprint density at radius 2 is 1.76 bits per heavy atom. The molecule has 0 saturated heterocycles. The summed E-state index contributed by atoms with van der Waals surface area (Å²) in [6.07, 6.45) is 3.94. The fraction of sp³-hybridized carbons (Fsp3) is 0.938. The van der Waals surface area contributed by atoms with Gasteiger partial charge in [0.1, 0.15) is 5.78 Å². The van der Waals surface area contributed by atoms with Gasteiger partial charge in [-0.1, -0.05) is 27.7 Å². The molecule has 2 bridgehead atoms. The summed E-state index contributed by atoms with van der Waals surface area (Å²) in [7, 11) is -3.37. The third-order valence-corrected chi connectivity index (χ3v) is 7.92. The van der Waals surface area contributed by atoms with Crippen molar-refractivity contribution in [2.24, 2.45) is 16.7 Å². The standard InChI is InChI=1S/C16H29NO3S/c1-5-9-17(10-6-2)21(19,20)12-16-8-7-13(11-14(16)18)15(16,3)4/h13H,5-12H2,1-4H3. The molecular formula is C16H29NO3S. The van der Waals surface area contributed by atoms with Gasteiger partial charge in [-0.3, -0.25) is 4.79 Å². The number of sulfonamides is 1. The minimum absolute atomic E-state index is 0.0162. The Bertz CT molecular complexity index is 506. The second-order valence-electron chi connectivity index (χ2n) is 7.32. The molecule has 2 rings (SSSR count). The van der Waals surface area contributed by atoms with Crippen LogP contribution in [-0.4, -0.2) is 37.3 Å². The Hall–Kier alpha value is -0.420. The molecule has 21 heavy (non-hydrogen) atoms. The molecule has 2 saturated carbocycles. The molecule has 2 aliphatic carbocycles. The SMILES string of the molecule is CCCN(CCC)S(=O)(=O)CC12CCC(CC1=O)C2(C)C. The van der Waals surface area contributed by atoms with E-state index >= 15 is 0 Å². The fourth-order valence-corrected chi connectivity index (χ4v) is 6.80. The minimum Gasteiger partial charge on any atom is -0.299 e. The summed E-state index contributed by atoms with van der Waals surface area (Å²) in [4.78, 5) is 12.5. The quantitative estimate of drug-likeness (QED) is 0.726. The van der Waals surface area contributed by atoms with Crippen LogP contribution < -0.4 is 0 Å². The van der Waals surface area contributed by atoms with Crippen LogP contribution in [0.15, 0.2) is 0 Å². The summed E-state index contributed by atoms with van der Waals surface area (Å²) >= 11 is 0. The van der Waals surface area contributed by atoms with Crippen molar-refractivity contribution in [2.45, 2.75) is 59.8 Å². The van der Waals surface area contributed by atoms with Crippen molar-refractivity contribution < 1.29 is 13.2 Å². The molecule has 0 aliphatic heterocycles. The number of carbonyl (C=O) groups excluding carboxylic acids is 1. The molecule has 0 spiro atoms. The number of ketones is 1. The van der Waals surface area contributed by atoms with Gasteiger partial charge in [-0.15, -0.1) is 0 Å². The third-order valence-electron chi connectivity index (χ3n) is 5.91. The molecule has 0 radical (unpaired) electrons. The molecule has 2 fully saturated rings. The van der Waals surface area contributed by atoms with E-state index < -0.39 is 15.4 Å². The van der Waals surface area contributed by atoms with Crippen LogP contribution in [0.2, 0.25) is 0 Å².